The zero-order chi connectivity index (χ0) is 12.3. The van der Waals surface area contributed by atoms with E-state index in [-0.39, 0.29) is 17.3 Å². The molecule has 0 unspecified atom stereocenters. The maximum atomic E-state index is 10.4. The van der Waals surface area contributed by atoms with Crippen molar-refractivity contribution in [3.05, 3.63) is 52.7 Å². The van der Waals surface area contributed by atoms with E-state index < -0.39 is 4.92 Å². The molecule has 0 saturated heterocycles. The Balaban J connectivity index is 2.16. The molecule has 2 aromatic rings. The molecule has 0 aliphatic heterocycles. The molecule has 17 heavy (non-hydrogen) atoms. The Bertz CT molecular complexity index is 539. The van der Waals surface area contributed by atoms with E-state index in [4.69, 9.17) is 4.74 Å². The van der Waals surface area contributed by atoms with Gasteiger partial charge in [-0.15, -0.1) is 0 Å². The van der Waals surface area contributed by atoms with Gasteiger partial charge in [0.05, 0.1) is 4.92 Å². The van der Waals surface area contributed by atoms with Crippen molar-refractivity contribution in [2.75, 3.05) is 0 Å². The highest BCUT2D eigenvalue weighted by Crippen LogP contribution is 2.23. The van der Waals surface area contributed by atoms with Gasteiger partial charge in [-0.2, -0.15) is 0 Å². The molecule has 1 aromatic carbocycles. The van der Waals surface area contributed by atoms with Crippen molar-refractivity contribution in [2.45, 2.75) is 0 Å². The van der Waals surface area contributed by atoms with Crippen LogP contribution in [-0.2, 0) is 0 Å². The molecule has 1 aromatic heterocycles. The third-order valence-corrected chi connectivity index (χ3v) is 1.97. The number of rotatable bonds is 3. The molecule has 0 spiro atoms. The summed E-state index contributed by atoms with van der Waals surface area (Å²) in [6, 6.07) is 8.88. The molecule has 6 heteroatoms. The van der Waals surface area contributed by atoms with E-state index in [2.05, 4.69) is 4.98 Å². The maximum absolute atomic E-state index is 10.4. The number of ether oxygens (including phenoxy) is 1. The smallest absolute Gasteiger partial charge is 0.287 e. The Morgan fingerprint density at radius 3 is 2.71 bits per heavy atom. The van der Waals surface area contributed by atoms with Crippen LogP contribution in [0.15, 0.2) is 42.6 Å². The molecule has 0 saturated carbocycles. The average molecular weight is 232 g/mol. The first kappa shape index (κ1) is 10.9. The second-order valence-corrected chi connectivity index (χ2v) is 3.21. The highest BCUT2D eigenvalue weighted by molar-refractivity contribution is 5.35. The molecule has 0 fully saturated rings. The Morgan fingerprint density at radius 1 is 1.29 bits per heavy atom. The normalized spacial score (nSPS) is 9.88. The minimum atomic E-state index is -0.537. The number of nitrogens with zero attached hydrogens (tertiary/aromatic N) is 2. The Kier molecular flexibility index (Phi) is 2.87. The molecule has 1 N–H and O–H groups in total. The standard InChI is InChI=1S/C11H8N2O4/c14-9-2-1-3-10(6-9)17-11-5-4-8(7-12-11)13(15)16/h1-7,14H. The Labute approximate surface area is 96.3 Å². The lowest BCUT2D eigenvalue weighted by atomic mass is 10.3. The Morgan fingerprint density at radius 2 is 2.12 bits per heavy atom. The van der Waals surface area contributed by atoms with Gasteiger partial charge in [0.1, 0.15) is 17.7 Å². The summed E-state index contributed by atoms with van der Waals surface area (Å²) in [7, 11) is 0. The SMILES string of the molecule is O=[N+]([O-])c1ccc(Oc2cccc(O)c2)nc1. The molecule has 0 bridgehead atoms. The van der Waals surface area contributed by atoms with Crippen LogP contribution in [0.25, 0.3) is 0 Å². The number of aromatic nitrogens is 1. The van der Waals surface area contributed by atoms with Gasteiger partial charge in [-0.05, 0) is 12.1 Å². The molecule has 2 rings (SSSR count). The molecule has 86 valence electrons. The van der Waals surface area contributed by atoms with Crippen LogP contribution in [0.4, 0.5) is 5.69 Å². The van der Waals surface area contributed by atoms with E-state index >= 15 is 0 Å². The number of phenols is 1. The zero-order valence-electron chi connectivity index (χ0n) is 8.61. The minimum Gasteiger partial charge on any atom is -0.508 e. The van der Waals surface area contributed by atoms with Crippen LogP contribution in [0.2, 0.25) is 0 Å². The van der Waals surface area contributed by atoms with Gasteiger partial charge < -0.3 is 9.84 Å². The zero-order valence-corrected chi connectivity index (χ0v) is 8.61. The number of hydrogen-bond donors (Lipinski definition) is 1. The second-order valence-electron chi connectivity index (χ2n) is 3.21. The van der Waals surface area contributed by atoms with E-state index in [0.29, 0.717) is 5.75 Å². The first-order chi connectivity index (χ1) is 8.15. The number of nitro groups is 1. The summed E-state index contributed by atoms with van der Waals surface area (Å²) < 4.78 is 5.30. The topological polar surface area (TPSA) is 85.5 Å². The van der Waals surface area contributed by atoms with Gasteiger partial charge in [0.15, 0.2) is 0 Å². The predicted octanol–water partition coefficient (Wildman–Crippen LogP) is 2.49. The summed E-state index contributed by atoms with van der Waals surface area (Å²) in [4.78, 5) is 13.6. The number of benzene rings is 1. The highest BCUT2D eigenvalue weighted by atomic mass is 16.6. The van der Waals surface area contributed by atoms with E-state index in [1.165, 1.54) is 24.3 Å². The van der Waals surface area contributed by atoms with Crippen LogP contribution in [0.1, 0.15) is 0 Å². The maximum Gasteiger partial charge on any atom is 0.287 e. The van der Waals surface area contributed by atoms with E-state index in [9.17, 15) is 15.2 Å². The fourth-order valence-electron chi connectivity index (χ4n) is 1.21. The lowest BCUT2D eigenvalue weighted by Gasteiger charge is -2.03. The van der Waals surface area contributed by atoms with E-state index in [1.807, 2.05) is 0 Å². The third-order valence-electron chi connectivity index (χ3n) is 1.97. The summed E-state index contributed by atoms with van der Waals surface area (Å²) in [5.74, 6) is 0.706. The average Bonchev–Trinajstić information content (AvgIpc) is 2.29. The molecule has 0 amide bonds. The van der Waals surface area contributed by atoms with Crippen molar-refractivity contribution in [2.24, 2.45) is 0 Å². The summed E-state index contributed by atoms with van der Waals surface area (Å²) in [6.07, 6.45) is 1.11. The molecule has 0 radical (unpaired) electrons. The van der Waals surface area contributed by atoms with Crippen molar-refractivity contribution >= 4 is 5.69 Å². The van der Waals surface area contributed by atoms with Crippen LogP contribution in [0.5, 0.6) is 17.4 Å². The molecule has 0 aliphatic carbocycles. The summed E-state index contributed by atoms with van der Waals surface area (Å²) in [5.41, 5.74) is -0.103. The number of aromatic hydroxyl groups is 1. The van der Waals surface area contributed by atoms with Crippen LogP contribution < -0.4 is 4.74 Å². The second kappa shape index (κ2) is 4.48. The van der Waals surface area contributed by atoms with Gasteiger partial charge in [-0.3, -0.25) is 10.1 Å². The van der Waals surface area contributed by atoms with Gasteiger partial charge in [-0.1, -0.05) is 6.07 Å². The fraction of sp³-hybridized carbons (Fsp3) is 0. The summed E-state index contributed by atoms with van der Waals surface area (Å²) in [6.45, 7) is 0. The lowest BCUT2D eigenvalue weighted by molar-refractivity contribution is -0.385. The summed E-state index contributed by atoms with van der Waals surface area (Å²) >= 11 is 0. The lowest BCUT2D eigenvalue weighted by Crippen LogP contribution is -1.91. The van der Waals surface area contributed by atoms with Gasteiger partial charge in [-0.25, -0.2) is 4.98 Å². The van der Waals surface area contributed by atoms with Crippen LogP contribution in [0, 0.1) is 10.1 Å². The van der Waals surface area contributed by atoms with Crippen LogP contribution in [0.3, 0.4) is 0 Å². The van der Waals surface area contributed by atoms with Crippen molar-refractivity contribution in [1.82, 2.24) is 4.98 Å². The van der Waals surface area contributed by atoms with Crippen molar-refractivity contribution < 1.29 is 14.8 Å². The third kappa shape index (κ3) is 2.69. The highest BCUT2D eigenvalue weighted by Gasteiger charge is 2.06. The van der Waals surface area contributed by atoms with E-state index in [1.54, 1.807) is 12.1 Å². The molecular formula is C11H8N2O4. The fourth-order valence-corrected chi connectivity index (χ4v) is 1.21. The number of phenolic OH excluding ortho intramolecular Hbond substituents is 1. The molecule has 6 nitrogen and oxygen atoms in total. The van der Waals surface area contributed by atoms with Gasteiger partial charge >= 0.3 is 0 Å². The summed E-state index contributed by atoms with van der Waals surface area (Å²) in [5, 5.41) is 19.6. The van der Waals surface area contributed by atoms with Gasteiger partial charge in [0.2, 0.25) is 5.88 Å². The molecule has 1 heterocycles. The van der Waals surface area contributed by atoms with Crippen molar-refractivity contribution in [3.63, 3.8) is 0 Å². The van der Waals surface area contributed by atoms with Crippen molar-refractivity contribution in [3.8, 4) is 17.4 Å². The monoisotopic (exact) mass is 232 g/mol. The first-order valence-corrected chi connectivity index (χ1v) is 4.72. The quantitative estimate of drug-likeness (QED) is 0.649. The molecular weight excluding hydrogens is 224 g/mol. The van der Waals surface area contributed by atoms with E-state index in [0.717, 1.165) is 6.20 Å². The van der Waals surface area contributed by atoms with Crippen molar-refractivity contribution in [1.29, 1.82) is 0 Å². The predicted molar refractivity (Wildman–Crippen MR) is 59.1 cm³/mol. The minimum absolute atomic E-state index is 0.0735. The van der Waals surface area contributed by atoms with Crippen LogP contribution >= 0.6 is 0 Å². The largest absolute Gasteiger partial charge is 0.508 e. The molecule has 0 aliphatic rings. The number of hydrogen-bond acceptors (Lipinski definition) is 5. The Hall–Kier alpha value is -2.63. The van der Waals surface area contributed by atoms with Gasteiger partial charge in [0, 0.05) is 18.2 Å². The molecule has 0 atom stereocenters. The number of pyridine rings is 1. The van der Waals surface area contributed by atoms with Crippen LogP contribution in [-0.4, -0.2) is 15.0 Å². The van der Waals surface area contributed by atoms with Gasteiger partial charge in [0.25, 0.3) is 5.69 Å². The first-order valence-electron chi connectivity index (χ1n) is 4.72.